The van der Waals surface area contributed by atoms with Gasteiger partial charge in [0.2, 0.25) is 0 Å². The summed E-state index contributed by atoms with van der Waals surface area (Å²) < 4.78 is 10.7. The van der Waals surface area contributed by atoms with Gasteiger partial charge in [-0.1, -0.05) is 0 Å². The van der Waals surface area contributed by atoms with Gasteiger partial charge < -0.3 is 52.2 Å². The van der Waals surface area contributed by atoms with E-state index in [-0.39, 0.29) is 6.42 Å². The highest BCUT2D eigenvalue weighted by Gasteiger charge is 2.48. The van der Waals surface area contributed by atoms with Gasteiger partial charge in [0.15, 0.2) is 6.29 Å². The number of hydrogen-bond donors (Lipinski definition) is 8. The van der Waals surface area contributed by atoms with E-state index in [9.17, 15) is 20.4 Å². The molecule has 0 radical (unpaired) electrons. The normalized spacial score (nSPS) is 53.5. The second-order valence-electron chi connectivity index (χ2n) is 5.93. The lowest BCUT2D eigenvalue weighted by Crippen LogP contribution is -2.67. The maximum Gasteiger partial charge on any atom is 0.186 e. The molecule has 0 bridgehead atoms. The minimum absolute atomic E-state index is 0.212. The molecule has 0 amide bonds. The summed E-state index contributed by atoms with van der Waals surface area (Å²) in [6.07, 6.45) is -8.38. The van der Waals surface area contributed by atoms with Crippen molar-refractivity contribution in [2.45, 2.75) is 67.5 Å². The van der Waals surface area contributed by atoms with Crippen molar-refractivity contribution in [3.05, 3.63) is 0 Å². The van der Waals surface area contributed by atoms with Crippen LogP contribution in [0.1, 0.15) is 6.42 Å². The molecule has 1 heterocycles. The standard InChI is InChI=1S/C12H25N3O7/c13-3-1-4(14)11(10(20)7(3)17)22-12-9(19)6(15)8(18)5(2-16)21-12/h3-12,16-20H,1-2,13-15H2/t3-,4+,5?,6?,7?,8+,9-,10?,11-,12+/m0/s1. The first kappa shape index (κ1) is 17.9. The largest absolute Gasteiger partial charge is 0.394 e. The highest BCUT2D eigenvalue weighted by Crippen LogP contribution is 2.27. The molecule has 10 nitrogen and oxygen atoms in total. The summed E-state index contributed by atoms with van der Waals surface area (Å²) in [5.41, 5.74) is 17.2. The van der Waals surface area contributed by atoms with Crippen LogP contribution >= 0.6 is 0 Å². The van der Waals surface area contributed by atoms with E-state index in [1.54, 1.807) is 0 Å². The first-order valence-corrected chi connectivity index (χ1v) is 7.18. The van der Waals surface area contributed by atoms with Crippen LogP contribution in [-0.2, 0) is 9.47 Å². The average Bonchev–Trinajstić information content (AvgIpc) is 2.49. The number of aliphatic hydroxyl groups excluding tert-OH is 5. The van der Waals surface area contributed by atoms with Crippen molar-refractivity contribution in [3.8, 4) is 0 Å². The average molecular weight is 323 g/mol. The number of rotatable bonds is 3. The third-order valence-electron chi connectivity index (χ3n) is 4.32. The number of hydrogen-bond acceptors (Lipinski definition) is 10. The van der Waals surface area contributed by atoms with Crippen molar-refractivity contribution >= 4 is 0 Å². The Morgan fingerprint density at radius 3 is 2.14 bits per heavy atom. The van der Waals surface area contributed by atoms with Crippen molar-refractivity contribution in [1.82, 2.24) is 0 Å². The third kappa shape index (κ3) is 3.26. The van der Waals surface area contributed by atoms with Crippen LogP contribution in [0.5, 0.6) is 0 Å². The van der Waals surface area contributed by atoms with Crippen LogP contribution in [0.25, 0.3) is 0 Å². The molecule has 0 aromatic carbocycles. The Balaban J connectivity index is 2.08. The zero-order chi connectivity index (χ0) is 16.6. The highest BCUT2D eigenvalue weighted by molar-refractivity contribution is 4.99. The van der Waals surface area contributed by atoms with Crippen molar-refractivity contribution in [2.24, 2.45) is 17.2 Å². The summed E-state index contributed by atoms with van der Waals surface area (Å²) in [6, 6.07) is -2.46. The molecule has 2 rings (SSSR count). The fraction of sp³-hybridized carbons (Fsp3) is 1.00. The second kappa shape index (κ2) is 7.01. The molecule has 0 aromatic rings. The Kier molecular flexibility index (Phi) is 5.72. The Morgan fingerprint density at radius 2 is 1.55 bits per heavy atom. The summed E-state index contributed by atoms with van der Waals surface area (Å²) in [4.78, 5) is 0. The quantitative estimate of drug-likeness (QED) is 0.248. The molecule has 1 aliphatic carbocycles. The SMILES string of the molecule is NC1[C@H](O)C(CO)O[C@H](O[C@@H]2C(O)C(O)[C@@H](N)C[C@H]2N)[C@H]1O. The zero-order valence-electron chi connectivity index (χ0n) is 12.0. The molecule has 11 N–H and O–H groups in total. The minimum atomic E-state index is -1.38. The molecule has 0 aromatic heterocycles. The molecule has 130 valence electrons. The highest BCUT2D eigenvalue weighted by atomic mass is 16.7. The first-order chi connectivity index (χ1) is 10.3. The summed E-state index contributed by atoms with van der Waals surface area (Å²) >= 11 is 0. The van der Waals surface area contributed by atoms with Crippen molar-refractivity contribution in [3.63, 3.8) is 0 Å². The van der Waals surface area contributed by atoms with Gasteiger partial charge in [0, 0.05) is 12.1 Å². The van der Waals surface area contributed by atoms with E-state index < -0.39 is 67.6 Å². The van der Waals surface area contributed by atoms with Crippen LogP contribution in [0, 0.1) is 0 Å². The van der Waals surface area contributed by atoms with Crippen LogP contribution < -0.4 is 17.2 Å². The van der Waals surface area contributed by atoms with Crippen LogP contribution in [0.3, 0.4) is 0 Å². The summed E-state index contributed by atoms with van der Waals surface area (Å²) in [6.45, 7) is -0.520. The van der Waals surface area contributed by atoms with Crippen LogP contribution in [0.2, 0.25) is 0 Å². The molecule has 1 aliphatic heterocycles. The van der Waals surface area contributed by atoms with E-state index in [1.165, 1.54) is 0 Å². The molecule has 22 heavy (non-hydrogen) atoms. The van der Waals surface area contributed by atoms with E-state index in [4.69, 9.17) is 31.8 Å². The van der Waals surface area contributed by atoms with Crippen LogP contribution in [0.15, 0.2) is 0 Å². The Hall–Kier alpha value is -0.400. The fourth-order valence-corrected chi connectivity index (χ4v) is 2.85. The molecule has 2 aliphatic rings. The topological polar surface area (TPSA) is 198 Å². The number of nitrogens with two attached hydrogens (primary N) is 3. The lowest BCUT2D eigenvalue weighted by atomic mass is 9.84. The van der Waals surface area contributed by atoms with Gasteiger partial charge in [-0.2, -0.15) is 0 Å². The molecule has 0 spiro atoms. The predicted molar refractivity (Wildman–Crippen MR) is 73.2 cm³/mol. The zero-order valence-corrected chi connectivity index (χ0v) is 12.0. The number of aliphatic hydroxyl groups is 5. The van der Waals surface area contributed by atoms with Crippen molar-refractivity contribution < 1.29 is 35.0 Å². The van der Waals surface area contributed by atoms with Gasteiger partial charge in [-0.15, -0.1) is 0 Å². The molecular formula is C12H25N3O7. The van der Waals surface area contributed by atoms with E-state index in [1.807, 2.05) is 0 Å². The third-order valence-corrected chi connectivity index (χ3v) is 4.32. The van der Waals surface area contributed by atoms with Gasteiger partial charge in [-0.05, 0) is 6.42 Å². The Morgan fingerprint density at radius 1 is 0.909 bits per heavy atom. The van der Waals surface area contributed by atoms with E-state index in [0.29, 0.717) is 0 Å². The molecule has 2 fully saturated rings. The molecule has 1 saturated heterocycles. The molecule has 10 atom stereocenters. The summed E-state index contributed by atoms with van der Waals surface area (Å²) in [5.74, 6) is 0. The maximum atomic E-state index is 10.0. The second-order valence-corrected chi connectivity index (χ2v) is 5.93. The van der Waals surface area contributed by atoms with E-state index in [0.717, 1.165) is 0 Å². The number of ether oxygens (including phenoxy) is 2. The molecule has 4 unspecified atom stereocenters. The summed E-state index contributed by atoms with van der Waals surface area (Å²) in [7, 11) is 0. The summed E-state index contributed by atoms with van der Waals surface area (Å²) in [5, 5.41) is 48.8. The minimum Gasteiger partial charge on any atom is -0.394 e. The van der Waals surface area contributed by atoms with Gasteiger partial charge in [0.1, 0.15) is 30.5 Å². The Labute approximate surface area is 127 Å². The van der Waals surface area contributed by atoms with Crippen molar-refractivity contribution in [1.29, 1.82) is 0 Å². The van der Waals surface area contributed by atoms with Gasteiger partial charge >= 0.3 is 0 Å². The lowest BCUT2D eigenvalue weighted by molar-refractivity contribution is -0.304. The molecule has 10 heteroatoms. The van der Waals surface area contributed by atoms with Gasteiger partial charge in [-0.3, -0.25) is 0 Å². The van der Waals surface area contributed by atoms with Crippen LogP contribution in [0.4, 0.5) is 0 Å². The fourth-order valence-electron chi connectivity index (χ4n) is 2.85. The van der Waals surface area contributed by atoms with Gasteiger partial charge in [0.25, 0.3) is 0 Å². The van der Waals surface area contributed by atoms with E-state index in [2.05, 4.69) is 0 Å². The van der Waals surface area contributed by atoms with E-state index >= 15 is 0 Å². The Bertz CT molecular complexity index is 375. The maximum absolute atomic E-state index is 10.0. The predicted octanol–water partition coefficient (Wildman–Crippen LogP) is -5.08. The first-order valence-electron chi connectivity index (χ1n) is 7.18. The van der Waals surface area contributed by atoms with Gasteiger partial charge in [-0.25, -0.2) is 0 Å². The monoisotopic (exact) mass is 323 g/mol. The molecule has 1 saturated carbocycles. The van der Waals surface area contributed by atoms with Gasteiger partial charge in [0.05, 0.1) is 18.8 Å². The molecular weight excluding hydrogens is 298 g/mol. The smallest absolute Gasteiger partial charge is 0.186 e. The lowest BCUT2D eigenvalue weighted by Gasteiger charge is -2.45. The van der Waals surface area contributed by atoms with Crippen LogP contribution in [-0.4, -0.2) is 93.2 Å². The van der Waals surface area contributed by atoms with Crippen molar-refractivity contribution in [2.75, 3.05) is 6.61 Å².